The van der Waals surface area contributed by atoms with Crippen molar-refractivity contribution in [3.63, 3.8) is 0 Å². The maximum Gasteiger partial charge on any atom is 0.407 e. The summed E-state index contributed by atoms with van der Waals surface area (Å²) in [7, 11) is 1.59. The van der Waals surface area contributed by atoms with Gasteiger partial charge < -0.3 is 19.9 Å². The van der Waals surface area contributed by atoms with E-state index in [4.69, 9.17) is 9.47 Å². The molecule has 0 aromatic heterocycles. The highest BCUT2D eigenvalue weighted by Gasteiger charge is 2.21. The third-order valence-corrected chi connectivity index (χ3v) is 3.28. The third kappa shape index (κ3) is 5.75. The Bertz CT molecular complexity index is 365. The predicted octanol–water partition coefficient (Wildman–Crippen LogP) is 2.02. The summed E-state index contributed by atoms with van der Waals surface area (Å²) in [5.74, 6) is -0.0645. The fraction of sp³-hybridized carbons (Fsp3) is 0.667. The van der Waals surface area contributed by atoms with Crippen LogP contribution in [0.3, 0.4) is 0 Å². The molecule has 2 N–H and O–H groups in total. The van der Waals surface area contributed by atoms with Crippen LogP contribution in [-0.4, -0.2) is 43.7 Å². The van der Waals surface area contributed by atoms with E-state index in [1.807, 2.05) is 32.1 Å². The Hall–Kier alpha value is -1.33. The summed E-state index contributed by atoms with van der Waals surface area (Å²) in [6.45, 7) is 4.64. The molecule has 5 nitrogen and oxygen atoms in total. The average molecular weight is 283 g/mol. The van der Waals surface area contributed by atoms with Gasteiger partial charge in [0.05, 0.1) is 12.7 Å². The van der Waals surface area contributed by atoms with Gasteiger partial charge in [0.25, 0.3) is 0 Å². The first-order chi connectivity index (χ1) is 9.54. The minimum Gasteiger partial charge on any atom is -0.450 e. The Kier molecular flexibility index (Phi) is 7.33. The third-order valence-electron chi connectivity index (χ3n) is 3.28. The van der Waals surface area contributed by atoms with Crippen molar-refractivity contribution in [1.29, 1.82) is 0 Å². The van der Waals surface area contributed by atoms with E-state index in [1.165, 1.54) is 0 Å². The molecule has 0 aliphatic carbocycles. The molecule has 0 saturated heterocycles. The van der Waals surface area contributed by atoms with E-state index < -0.39 is 12.2 Å². The van der Waals surface area contributed by atoms with Gasteiger partial charge in [-0.2, -0.15) is 0 Å². The first kappa shape index (κ1) is 16.7. The number of alkyl carbamates (subject to hydrolysis) is 1. The number of ether oxygens (including phenoxy) is 2. The number of aliphatic hydroxyl groups excluding tert-OH is 1. The number of carbonyl (C=O) groups is 1. The molecule has 0 radical (unpaired) electrons. The van der Waals surface area contributed by atoms with Crippen molar-refractivity contribution in [2.75, 3.05) is 20.3 Å². The van der Waals surface area contributed by atoms with Gasteiger partial charge in [0.2, 0.25) is 0 Å². The number of hydrogen-bond acceptors (Lipinski definition) is 4. The second-order valence-corrected chi connectivity index (χ2v) is 5.12. The molecule has 0 bridgehead atoms. The average Bonchev–Trinajstić information content (AvgIpc) is 2.43. The Morgan fingerprint density at radius 2 is 2.25 bits per heavy atom. The number of methoxy groups -OCH3 is 1. The van der Waals surface area contributed by atoms with Crippen molar-refractivity contribution < 1.29 is 19.4 Å². The molecule has 3 atom stereocenters. The number of nitrogens with one attached hydrogen (secondary N) is 1. The highest BCUT2D eigenvalue weighted by Crippen LogP contribution is 2.15. The largest absolute Gasteiger partial charge is 0.450 e. The van der Waals surface area contributed by atoms with E-state index in [1.54, 1.807) is 7.11 Å². The fourth-order valence-corrected chi connectivity index (χ4v) is 2.10. The minimum atomic E-state index is -0.610. The molecular weight excluding hydrogens is 258 g/mol. The summed E-state index contributed by atoms with van der Waals surface area (Å²) in [5, 5.41) is 13.0. The molecule has 0 spiro atoms. The van der Waals surface area contributed by atoms with Crippen LogP contribution in [0.15, 0.2) is 23.8 Å². The zero-order chi connectivity index (χ0) is 15.0. The van der Waals surface area contributed by atoms with E-state index in [0.717, 1.165) is 18.4 Å². The molecule has 1 heterocycles. The van der Waals surface area contributed by atoms with Gasteiger partial charge in [-0.15, -0.1) is 0 Å². The molecule has 5 heteroatoms. The number of allylic oxidation sites excluding steroid dienone is 1. The molecule has 0 saturated carbocycles. The van der Waals surface area contributed by atoms with Crippen molar-refractivity contribution in [2.24, 2.45) is 5.92 Å². The summed E-state index contributed by atoms with van der Waals surface area (Å²) in [6, 6.07) is 0. The van der Waals surface area contributed by atoms with Crippen molar-refractivity contribution in [3.8, 4) is 0 Å². The Morgan fingerprint density at radius 3 is 2.95 bits per heavy atom. The summed E-state index contributed by atoms with van der Waals surface area (Å²) in [4.78, 5) is 11.4. The van der Waals surface area contributed by atoms with Crippen LogP contribution in [0.1, 0.15) is 26.7 Å². The van der Waals surface area contributed by atoms with Crippen molar-refractivity contribution >= 4 is 6.09 Å². The maximum atomic E-state index is 11.4. The number of hydrogen-bond donors (Lipinski definition) is 2. The van der Waals surface area contributed by atoms with E-state index >= 15 is 0 Å². The molecule has 1 aliphatic rings. The normalized spacial score (nSPS) is 34.1. The number of cyclic esters (lactones) is 1. The number of amides is 1. The Morgan fingerprint density at radius 1 is 1.50 bits per heavy atom. The molecule has 20 heavy (non-hydrogen) atoms. The number of aliphatic hydroxyl groups is 1. The molecule has 1 rings (SSSR count). The van der Waals surface area contributed by atoms with Crippen LogP contribution in [-0.2, 0) is 9.47 Å². The van der Waals surface area contributed by atoms with Gasteiger partial charge in [0.1, 0.15) is 6.10 Å². The lowest BCUT2D eigenvalue weighted by molar-refractivity contribution is -0.00188. The van der Waals surface area contributed by atoms with E-state index in [-0.39, 0.29) is 12.0 Å². The Labute approximate surface area is 120 Å². The summed E-state index contributed by atoms with van der Waals surface area (Å²) >= 11 is 0. The van der Waals surface area contributed by atoms with Crippen LogP contribution in [0, 0.1) is 5.92 Å². The van der Waals surface area contributed by atoms with Crippen LogP contribution in [0.2, 0.25) is 0 Å². The Balaban J connectivity index is 2.78. The van der Waals surface area contributed by atoms with Crippen LogP contribution in [0.5, 0.6) is 0 Å². The van der Waals surface area contributed by atoms with E-state index in [0.29, 0.717) is 13.2 Å². The van der Waals surface area contributed by atoms with Crippen LogP contribution < -0.4 is 5.32 Å². The van der Waals surface area contributed by atoms with Gasteiger partial charge in [0, 0.05) is 19.6 Å². The minimum absolute atomic E-state index is 0.0645. The lowest BCUT2D eigenvalue weighted by Gasteiger charge is -2.23. The van der Waals surface area contributed by atoms with E-state index in [2.05, 4.69) is 5.32 Å². The van der Waals surface area contributed by atoms with Gasteiger partial charge in [-0.3, -0.25) is 0 Å². The van der Waals surface area contributed by atoms with E-state index in [9.17, 15) is 9.90 Å². The quantitative estimate of drug-likeness (QED) is 0.722. The smallest absolute Gasteiger partial charge is 0.407 e. The second kappa shape index (κ2) is 8.76. The fourth-order valence-electron chi connectivity index (χ4n) is 2.10. The summed E-state index contributed by atoms with van der Waals surface area (Å²) < 4.78 is 10.4. The van der Waals surface area contributed by atoms with Crippen molar-refractivity contribution in [3.05, 3.63) is 23.8 Å². The predicted molar refractivity (Wildman–Crippen MR) is 77.4 cm³/mol. The topological polar surface area (TPSA) is 67.8 Å². The lowest BCUT2D eigenvalue weighted by Crippen LogP contribution is -2.32. The number of carbonyl (C=O) groups excluding carboxylic acids is 1. The monoisotopic (exact) mass is 283 g/mol. The van der Waals surface area contributed by atoms with Crippen LogP contribution >= 0.6 is 0 Å². The van der Waals surface area contributed by atoms with Crippen LogP contribution in [0.4, 0.5) is 4.79 Å². The molecular formula is C15H25NO4. The highest BCUT2D eigenvalue weighted by atomic mass is 16.5. The zero-order valence-corrected chi connectivity index (χ0v) is 12.5. The van der Waals surface area contributed by atoms with Crippen molar-refractivity contribution in [1.82, 2.24) is 5.32 Å². The molecule has 1 aliphatic heterocycles. The van der Waals surface area contributed by atoms with Gasteiger partial charge in [0.15, 0.2) is 0 Å². The maximum absolute atomic E-state index is 11.4. The SMILES string of the molecule is COC1/C=C/CCCOC(=O)NC/C(C)=C/C(C)C1O. The lowest BCUT2D eigenvalue weighted by atomic mass is 9.96. The zero-order valence-electron chi connectivity index (χ0n) is 12.5. The van der Waals surface area contributed by atoms with Gasteiger partial charge in [-0.25, -0.2) is 4.79 Å². The van der Waals surface area contributed by atoms with Crippen molar-refractivity contribution in [2.45, 2.75) is 38.9 Å². The first-order valence-electron chi connectivity index (χ1n) is 7.00. The molecule has 0 aromatic carbocycles. The molecule has 3 unspecified atom stereocenters. The van der Waals surface area contributed by atoms with Gasteiger partial charge in [-0.1, -0.05) is 30.7 Å². The summed E-state index contributed by atoms with van der Waals surface area (Å²) in [5.41, 5.74) is 0.976. The number of rotatable bonds is 1. The van der Waals surface area contributed by atoms with Gasteiger partial charge >= 0.3 is 6.09 Å². The summed E-state index contributed by atoms with van der Waals surface area (Å²) in [6.07, 6.45) is 5.96. The van der Waals surface area contributed by atoms with Crippen LogP contribution in [0.25, 0.3) is 0 Å². The highest BCUT2D eigenvalue weighted by molar-refractivity contribution is 5.67. The molecule has 1 amide bonds. The molecule has 0 aromatic rings. The van der Waals surface area contributed by atoms with Gasteiger partial charge in [-0.05, 0) is 19.8 Å². The first-order valence-corrected chi connectivity index (χ1v) is 7.00. The standard InChI is InChI=1S/C15H25NO4/c1-11-9-12(2)14(17)13(19-3)7-5-4-6-8-20-15(18)16-10-11/h5,7,9,12-14,17H,4,6,8,10H2,1-3H3,(H,16,18)/b7-5+,11-9+. The second-order valence-electron chi connectivity index (χ2n) is 5.12. The molecule has 0 fully saturated rings. The molecule has 114 valence electrons.